The average Bonchev–Trinajstić information content (AvgIpc) is 2.82. The number of benzene rings is 3. The van der Waals surface area contributed by atoms with Crippen LogP contribution in [0, 0.1) is 11.6 Å². The third-order valence-electron chi connectivity index (χ3n) is 6.08. The van der Waals surface area contributed by atoms with Crippen molar-refractivity contribution >= 4 is 23.4 Å². The van der Waals surface area contributed by atoms with Gasteiger partial charge in [-0.05, 0) is 41.8 Å². The number of para-hydroxylation sites is 1. The van der Waals surface area contributed by atoms with Crippen molar-refractivity contribution in [2.24, 2.45) is 0 Å². The molecule has 3 aromatic carbocycles. The number of carbonyl (C=O) groups is 3. The number of rotatable bonds is 6. The van der Waals surface area contributed by atoms with Gasteiger partial charge in [-0.1, -0.05) is 48.5 Å². The van der Waals surface area contributed by atoms with Crippen LogP contribution in [-0.4, -0.2) is 36.9 Å². The predicted molar refractivity (Wildman–Crippen MR) is 128 cm³/mol. The lowest BCUT2D eigenvalue weighted by molar-refractivity contribution is -0.131. The van der Waals surface area contributed by atoms with Crippen molar-refractivity contribution in [3.8, 4) is 0 Å². The summed E-state index contributed by atoms with van der Waals surface area (Å²) in [6.07, 6.45) is -0.294. The lowest BCUT2D eigenvalue weighted by atomic mass is 9.80. The number of carbonyl (C=O) groups excluding carboxylic acids is 3. The molecular weight excluding hydrogens is 452 g/mol. The average molecular weight is 478 g/mol. The number of hydrogen-bond acceptors (Lipinski definition) is 3. The standard InChI is InChI=1S/C27H25F2N3O3/c1-16(30-23(33)14-17-12-19(28)15-20(29)13-17)26(34)31-25-24(18-8-4-3-5-9-18)21-10-6-7-11-22(21)32(2)27(25)35/h3-13,15-16,24-25H,14H2,1-2H3,(H,30,33)(H,31,34)/t16-,24+,25+/m0/s1. The molecule has 35 heavy (non-hydrogen) atoms. The van der Waals surface area contributed by atoms with E-state index < -0.39 is 41.5 Å². The molecule has 1 aliphatic heterocycles. The number of anilines is 1. The van der Waals surface area contributed by atoms with Crippen molar-refractivity contribution in [1.29, 1.82) is 0 Å². The normalized spacial score (nSPS) is 17.9. The Kier molecular flexibility index (Phi) is 6.91. The van der Waals surface area contributed by atoms with Crippen molar-refractivity contribution in [3.05, 3.63) is 101 Å². The number of amides is 3. The number of fused-ring (bicyclic) bond motifs is 1. The molecule has 0 unspecified atom stereocenters. The fourth-order valence-electron chi connectivity index (χ4n) is 4.42. The molecule has 8 heteroatoms. The molecule has 1 heterocycles. The fourth-order valence-corrected chi connectivity index (χ4v) is 4.42. The van der Waals surface area contributed by atoms with E-state index in [1.165, 1.54) is 11.8 Å². The lowest BCUT2D eigenvalue weighted by Gasteiger charge is -2.38. The van der Waals surface area contributed by atoms with E-state index in [1.807, 2.05) is 54.6 Å². The molecule has 4 rings (SSSR count). The van der Waals surface area contributed by atoms with E-state index in [0.717, 1.165) is 35.0 Å². The minimum Gasteiger partial charge on any atom is -0.344 e. The maximum Gasteiger partial charge on any atom is 0.250 e. The zero-order valence-corrected chi connectivity index (χ0v) is 19.3. The Morgan fingerprint density at radius 1 is 0.971 bits per heavy atom. The molecule has 0 saturated carbocycles. The van der Waals surface area contributed by atoms with Gasteiger partial charge < -0.3 is 15.5 Å². The van der Waals surface area contributed by atoms with E-state index in [1.54, 1.807) is 7.05 Å². The van der Waals surface area contributed by atoms with Crippen LogP contribution in [0.5, 0.6) is 0 Å². The Labute approximate surface area is 201 Å². The number of nitrogens with one attached hydrogen (secondary N) is 2. The molecule has 0 aliphatic carbocycles. The molecule has 3 atom stereocenters. The summed E-state index contributed by atoms with van der Waals surface area (Å²) < 4.78 is 26.8. The van der Waals surface area contributed by atoms with Crippen molar-refractivity contribution < 1.29 is 23.2 Å². The first-order valence-corrected chi connectivity index (χ1v) is 11.2. The van der Waals surface area contributed by atoms with Gasteiger partial charge in [-0.25, -0.2) is 8.78 Å². The molecule has 0 aromatic heterocycles. The maximum atomic E-state index is 13.4. The number of hydrogen-bond donors (Lipinski definition) is 2. The van der Waals surface area contributed by atoms with Crippen LogP contribution in [0.25, 0.3) is 0 Å². The minimum absolute atomic E-state index is 0.150. The van der Waals surface area contributed by atoms with Gasteiger partial charge in [0.05, 0.1) is 6.42 Å². The first-order valence-electron chi connectivity index (χ1n) is 11.2. The lowest BCUT2D eigenvalue weighted by Crippen LogP contribution is -2.57. The molecule has 0 spiro atoms. The molecule has 0 fully saturated rings. The van der Waals surface area contributed by atoms with Crippen LogP contribution in [-0.2, 0) is 20.8 Å². The molecular formula is C27H25F2N3O3. The summed E-state index contributed by atoms with van der Waals surface area (Å²) in [5.41, 5.74) is 2.69. The van der Waals surface area contributed by atoms with Gasteiger partial charge in [0, 0.05) is 24.7 Å². The molecule has 3 aromatic rings. The number of likely N-dealkylation sites (N-methyl/N-ethyl adjacent to an activating group) is 1. The van der Waals surface area contributed by atoms with Crippen molar-refractivity contribution in [2.75, 3.05) is 11.9 Å². The Morgan fingerprint density at radius 2 is 1.60 bits per heavy atom. The van der Waals surface area contributed by atoms with Gasteiger partial charge in [-0.3, -0.25) is 14.4 Å². The Bertz CT molecular complexity index is 1250. The topological polar surface area (TPSA) is 78.5 Å². The predicted octanol–water partition coefficient (Wildman–Crippen LogP) is 3.31. The molecule has 1 aliphatic rings. The zero-order chi connectivity index (χ0) is 25.1. The molecule has 0 bridgehead atoms. The smallest absolute Gasteiger partial charge is 0.250 e. The molecule has 3 amide bonds. The summed E-state index contributed by atoms with van der Waals surface area (Å²) in [5, 5.41) is 5.35. The second-order valence-electron chi connectivity index (χ2n) is 8.57. The van der Waals surface area contributed by atoms with Gasteiger partial charge in [0.2, 0.25) is 17.7 Å². The number of nitrogens with zero attached hydrogens (tertiary/aromatic N) is 1. The molecule has 6 nitrogen and oxygen atoms in total. The van der Waals surface area contributed by atoms with E-state index in [2.05, 4.69) is 10.6 Å². The van der Waals surface area contributed by atoms with Crippen LogP contribution >= 0.6 is 0 Å². The second-order valence-corrected chi connectivity index (χ2v) is 8.57. The monoisotopic (exact) mass is 477 g/mol. The van der Waals surface area contributed by atoms with Crippen molar-refractivity contribution in [3.63, 3.8) is 0 Å². The highest BCUT2D eigenvalue weighted by atomic mass is 19.1. The van der Waals surface area contributed by atoms with E-state index in [4.69, 9.17) is 0 Å². The van der Waals surface area contributed by atoms with E-state index in [-0.39, 0.29) is 17.9 Å². The highest BCUT2D eigenvalue weighted by Gasteiger charge is 2.41. The maximum absolute atomic E-state index is 13.4. The SMILES string of the molecule is C[C@H](NC(=O)Cc1cc(F)cc(F)c1)C(=O)N[C@H]1C(=O)N(C)c2ccccc2[C@H]1c1ccccc1. The molecule has 2 N–H and O–H groups in total. The first-order chi connectivity index (χ1) is 16.7. The zero-order valence-electron chi connectivity index (χ0n) is 19.3. The molecule has 0 saturated heterocycles. The first kappa shape index (κ1) is 24.1. The van der Waals surface area contributed by atoms with Crippen LogP contribution in [0.3, 0.4) is 0 Å². The third-order valence-corrected chi connectivity index (χ3v) is 6.08. The summed E-state index contributed by atoms with van der Waals surface area (Å²) in [4.78, 5) is 40.3. The Balaban J connectivity index is 1.52. The van der Waals surface area contributed by atoms with Gasteiger partial charge in [-0.2, -0.15) is 0 Å². The summed E-state index contributed by atoms with van der Waals surface area (Å²) in [7, 11) is 1.66. The number of halogens is 2. The second kappa shape index (κ2) is 10.0. The van der Waals surface area contributed by atoms with Crippen LogP contribution in [0.2, 0.25) is 0 Å². The molecule has 180 valence electrons. The van der Waals surface area contributed by atoms with Gasteiger partial charge in [-0.15, -0.1) is 0 Å². The van der Waals surface area contributed by atoms with Crippen LogP contribution in [0.15, 0.2) is 72.8 Å². The van der Waals surface area contributed by atoms with Crippen LogP contribution in [0.4, 0.5) is 14.5 Å². The van der Waals surface area contributed by atoms with Gasteiger partial charge in [0.1, 0.15) is 23.7 Å². The third kappa shape index (κ3) is 5.21. The summed E-state index contributed by atoms with van der Waals surface area (Å²) >= 11 is 0. The minimum atomic E-state index is -0.979. The highest BCUT2D eigenvalue weighted by molar-refractivity contribution is 6.03. The van der Waals surface area contributed by atoms with Gasteiger partial charge in [0.15, 0.2) is 0 Å². The van der Waals surface area contributed by atoms with E-state index >= 15 is 0 Å². The van der Waals surface area contributed by atoms with E-state index in [0.29, 0.717) is 0 Å². The van der Waals surface area contributed by atoms with Crippen LogP contribution < -0.4 is 15.5 Å². The van der Waals surface area contributed by atoms with Crippen LogP contribution in [0.1, 0.15) is 29.5 Å². The quantitative estimate of drug-likeness (QED) is 0.572. The summed E-state index contributed by atoms with van der Waals surface area (Å²) in [5.74, 6) is -3.39. The molecule has 0 radical (unpaired) electrons. The van der Waals surface area contributed by atoms with Crippen molar-refractivity contribution in [2.45, 2.75) is 31.3 Å². The van der Waals surface area contributed by atoms with Crippen molar-refractivity contribution in [1.82, 2.24) is 10.6 Å². The van der Waals surface area contributed by atoms with Gasteiger partial charge >= 0.3 is 0 Å². The Morgan fingerprint density at radius 3 is 2.29 bits per heavy atom. The summed E-state index contributed by atoms with van der Waals surface area (Å²) in [6.45, 7) is 1.49. The largest absolute Gasteiger partial charge is 0.344 e. The summed E-state index contributed by atoms with van der Waals surface area (Å²) in [6, 6.07) is 17.9. The highest BCUT2D eigenvalue weighted by Crippen LogP contribution is 2.39. The Hall–Kier alpha value is -4.07. The van der Waals surface area contributed by atoms with E-state index in [9.17, 15) is 23.2 Å². The van der Waals surface area contributed by atoms with Gasteiger partial charge in [0.25, 0.3) is 0 Å². The fraction of sp³-hybridized carbons (Fsp3) is 0.222.